The Hall–Kier alpha value is -1.73. The maximum atomic E-state index is 12.0. The van der Waals surface area contributed by atoms with Gasteiger partial charge in [0.1, 0.15) is 13.2 Å². The number of hydrogen-bond donors (Lipinski definition) is 0. The highest BCUT2D eigenvalue weighted by Crippen LogP contribution is 2.18. The maximum absolute atomic E-state index is 12.0. The van der Waals surface area contributed by atoms with Crippen molar-refractivity contribution in [2.75, 3.05) is 38.8 Å². The van der Waals surface area contributed by atoms with Gasteiger partial charge in [0.15, 0.2) is 5.78 Å². The van der Waals surface area contributed by atoms with E-state index < -0.39 is 0 Å². The van der Waals surface area contributed by atoms with Gasteiger partial charge in [-0.05, 0) is 12.8 Å². The Labute approximate surface area is 123 Å². The maximum Gasteiger partial charge on any atom is 0.269 e. The summed E-state index contributed by atoms with van der Waals surface area (Å²) in [4.78, 5) is 25.6. The molecule has 0 saturated carbocycles. The van der Waals surface area contributed by atoms with Crippen LogP contribution < -0.4 is 10.5 Å². The molecule has 2 heterocycles. The fraction of sp³-hybridized carbons (Fsp3) is 0.643. The lowest BCUT2D eigenvalue weighted by Crippen LogP contribution is -2.38. The highest BCUT2D eigenvalue weighted by Gasteiger charge is 2.19. The van der Waals surface area contributed by atoms with E-state index in [9.17, 15) is 9.59 Å². The normalized spacial score (nSPS) is 16.2. The molecule has 0 aliphatic carbocycles. The lowest BCUT2D eigenvalue weighted by atomic mass is 10.1. The van der Waals surface area contributed by atoms with Gasteiger partial charge in [-0.25, -0.2) is 4.68 Å². The molecule has 1 fully saturated rings. The molecule has 1 saturated heterocycles. The molecule has 0 aromatic carbocycles. The van der Waals surface area contributed by atoms with Crippen molar-refractivity contribution in [2.24, 2.45) is 0 Å². The first-order valence-electron chi connectivity index (χ1n) is 6.99. The number of ketones is 1. The molecule has 0 unspecified atom stereocenters. The standard InChI is InChI=1S/C14H21N3O4/c1-20-10-12(18)9-17-14(19)7-11(8-15-17)16-5-3-13(21-2)4-6-16/h7-8,13H,3-6,9-10H2,1-2H3. The van der Waals surface area contributed by atoms with E-state index in [2.05, 4.69) is 10.00 Å². The van der Waals surface area contributed by atoms with Crippen molar-refractivity contribution in [2.45, 2.75) is 25.5 Å². The molecule has 0 atom stereocenters. The molecule has 0 N–H and O–H groups in total. The van der Waals surface area contributed by atoms with Crippen LogP contribution in [0.15, 0.2) is 17.1 Å². The van der Waals surface area contributed by atoms with E-state index in [-0.39, 0.29) is 24.5 Å². The van der Waals surface area contributed by atoms with Crippen LogP contribution in [0.25, 0.3) is 0 Å². The highest BCUT2D eigenvalue weighted by atomic mass is 16.5. The van der Waals surface area contributed by atoms with Crippen LogP contribution in [0, 0.1) is 0 Å². The van der Waals surface area contributed by atoms with Crippen molar-refractivity contribution in [3.8, 4) is 0 Å². The number of aromatic nitrogens is 2. The zero-order chi connectivity index (χ0) is 15.2. The van der Waals surface area contributed by atoms with Gasteiger partial charge in [0.25, 0.3) is 5.56 Å². The molecular formula is C14H21N3O4. The second-order valence-corrected chi connectivity index (χ2v) is 5.10. The number of ether oxygens (including phenoxy) is 2. The van der Waals surface area contributed by atoms with Crippen LogP contribution in [0.3, 0.4) is 0 Å². The number of rotatable bonds is 6. The number of nitrogens with zero attached hydrogens (tertiary/aromatic N) is 3. The molecule has 21 heavy (non-hydrogen) atoms. The first kappa shape index (κ1) is 15.7. The van der Waals surface area contributed by atoms with Crippen molar-refractivity contribution in [3.05, 3.63) is 22.6 Å². The van der Waals surface area contributed by atoms with E-state index >= 15 is 0 Å². The zero-order valence-corrected chi connectivity index (χ0v) is 12.4. The van der Waals surface area contributed by atoms with Gasteiger partial charge in [-0.15, -0.1) is 0 Å². The van der Waals surface area contributed by atoms with Gasteiger partial charge in [-0.2, -0.15) is 5.10 Å². The number of piperidine rings is 1. The van der Waals surface area contributed by atoms with Crippen LogP contribution in [-0.2, 0) is 20.8 Å². The van der Waals surface area contributed by atoms with Crippen molar-refractivity contribution in [1.82, 2.24) is 9.78 Å². The molecule has 0 amide bonds. The summed E-state index contributed by atoms with van der Waals surface area (Å²) < 4.78 is 11.2. The van der Waals surface area contributed by atoms with E-state index in [1.807, 2.05) is 0 Å². The summed E-state index contributed by atoms with van der Waals surface area (Å²) in [7, 11) is 3.17. The number of hydrogen-bond acceptors (Lipinski definition) is 6. The monoisotopic (exact) mass is 295 g/mol. The number of carbonyl (C=O) groups excluding carboxylic acids is 1. The Bertz CT molecular complexity index is 535. The van der Waals surface area contributed by atoms with Crippen LogP contribution in [0.4, 0.5) is 5.69 Å². The third kappa shape index (κ3) is 4.12. The average molecular weight is 295 g/mol. The number of anilines is 1. The summed E-state index contributed by atoms with van der Waals surface area (Å²) in [6.07, 6.45) is 3.80. The number of carbonyl (C=O) groups is 1. The Balaban J connectivity index is 2.02. The van der Waals surface area contributed by atoms with E-state index in [0.717, 1.165) is 36.3 Å². The van der Waals surface area contributed by atoms with Crippen molar-refractivity contribution in [3.63, 3.8) is 0 Å². The molecular weight excluding hydrogens is 274 g/mol. The minimum absolute atomic E-state index is 0.0135. The molecule has 2 rings (SSSR count). The van der Waals surface area contributed by atoms with Crippen LogP contribution in [0.1, 0.15) is 12.8 Å². The van der Waals surface area contributed by atoms with Gasteiger partial charge < -0.3 is 14.4 Å². The molecule has 7 nitrogen and oxygen atoms in total. The van der Waals surface area contributed by atoms with Gasteiger partial charge in [-0.1, -0.05) is 0 Å². The van der Waals surface area contributed by atoms with Gasteiger partial charge in [-0.3, -0.25) is 9.59 Å². The van der Waals surface area contributed by atoms with Gasteiger partial charge in [0, 0.05) is 33.4 Å². The van der Waals surface area contributed by atoms with Crippen LogP contribution in [-0.4, -0.2) is 55.6 Å². The van der Waals surface area contributed by atoms with E-state index in [1.54, 1.807) is 13.3 Å². The van der Waals surface area contributed by atoms with Crippen LogP contribution in [0.5, 0.6) is 0 Å². The zero-order valence-electron chi connectivity index (χ0n) is 12.4. The van der Waals surface area contributed by atoms with E-state index in [1.165, 1.54) is 13.2 Å². The van der Waals surface area contributed by atoms with Gasteiger partial charge >= 0.3 is 0 Å². The molecule has 1 aliphatic heterocycles. The smallest absolute Gasteiger partial charge is 0.269 e. The molecule has 116 valence electrons. The predicted octanol–water partition coefficient (Wildman–Crippen LogP) is 0.0740. The Morgan fingerprint density at radius 1 is 1.38 bits per heavy atom. The second-order valence-electron chi connectivity index (χ2n) is 5.10. The average Bonchev–Trinajstić information content (AvgIpc) is 2.50. The van der Waals surface area contributed by atoms with Gasteiger partial charge in [0.05, 0.1) is 18.0 Å². The fourth-order valence-corrected chi connectivity index (χ4v) is 2.44. The molecule has 0 radical (unpaired) electrons. The Kier molecular flexibility index (Phi) is 5.46. The summed E-state index contributed by atoms with van der Waals surface area (Å²) in [6.45, 7) is 1.61. The van der Waals surface area contributed by atoms with Crippen molar-refractivity contribution >= 4 is 11.5 Å². The summed E-state index contributed by atoms with van der Waals surface area (Å²) in [6, 6.07) is 1.53. The minimum Gasteiger partial charge on any atom is -0.381 e. The predicted molar refractivity (Wildman–Crippen MR) is 77.6 cm³/mol. The number of Topliss-reactive ketones (excluding diaryl/α,β-unsaturated/α-hetero) is 1. The topological polar surface area (TPSA) is 73.7 Å². The highest BCUT2D eigenvalue weighted by molar-refractivity contribution is 5.79. The van der Waals surface area contributed by atoms with E-state index in [0.29, 0.717) is 6.10 Å². The van der Waals surface area contributed by atoms with Crippen LogP contribution in [0.2, 0.25) is 0 Å². The van der Waals surface area contributed by atoms with Gasteiger partial charge in [0.2, 0.25) is 0 Å². The Morgan fingerprint density at radius 3 is 2.67 bits per heavy atom. The van der Waals surface area contributed by atoms with Crippen molar-refractivity contribution < 1.29 is 14.3 Å². The van der Waals surface area contributed by atoms with E-state index in [4.69, 9.17) is 9.47 Å². The summed E-state index contributed by atoms with van der Waals surface area (Å²) >= 11 is 0. The molecule has 0 bridgehead atoms. The SMILES string of the molecule is COCC(=O)Cn1ncc(N2CCC(OC)CC2)cc1=O. The second kappa shape index (κ2) is 7.33. The minimum atomic E-state index is -0.272. The molecule has 0 spiro atoms. The molecule has 1 aliphatic rings. The lowest BCUT2D eigenvalue weighted by molar-refractivity contribution is -0.123. The first-order chi connectivity index (χ1) is 10.1. The molecule has 1 aromatic heterocycles. The molecule has 1 aromatic rings. The largest absolute Gasteiger partial charge is 0.381 e. The Morgan fingerprint density at radius 2 is 2.10 bits per heavy atom. The third-order valence-electron chi connectivity index (χ3n) is 3.63. The van der Waals surface area contributed by atoms with Crippen LogP contribution >= 0.6 is 0 Å². The first-order valence-corrected chi connectivity index (χ1v) is 6.99. The molecule has 7 heteroatoms. The summed E-state index contributed by atoms with van der Waals surface area (Å²) in [5.74, 6) is -0.180. The lowest BCUT2D eigenvalue weighted by Gasteiger charge is -2.32. The summed E-state index contributed by atoms with van der Waals surface area (Å²) in [5, 5.41) is 4.07. The summed E-state index contributed by atoms with van der Waals surface area (Å²) in [5.41, 5.74) is 0.524. The fourth-order valence-electron chi connectivity index (χ4n) is 2.44. The number of methoxy groups -OCH3 is 2. The third-order valence-corrected chi connectivity index (χ3v) is 3.63. The van der Waals surface area contributed by atoms with Crippen molar-refractivity contribution in [1.29, 1.82) is 0 Å². The quantitative estimate of drug-likeness (QED) is 0.739.